The second-order valence-corrected chi connectivity index (χ2v) is 5.91. The molecule has 0 radical (unpaired) electrons. The van der Waals surface area contributed by atoms with Crippen LogP contribution in [0.4, 0.5) is 105 Å². The van der Waals surface area contributed by atoms with Crippen LogP contribution in [0.2, 0.25) is 0 Å². The van der Waals surface area contributed by atoms with Crippen molar-refractivity contribution in [3.8, 4) is 0 Å². The highest BCUT2D eigenvalue weighted by molar-refractivity contribution is 5.02. The Labute approximate surface area is 178 Å². The molecule has 0 rings (SSSR count). The van der Waals surface area contributed by atoms with Crippen LogP contribution < -0.4 is 0 Å². The third-order valence-electron chi connectivity index (χ3n) is 3.41. The SMILES string of the molecule is FC(F)(F)C(F)(F)N(C(F)(F)C(F)(F)F)C(F)(F)C(F)(F)N(C(F)(F)C(F)(F)F)C(F)(F)C(F)(F)F. The van der Waals surface area contributed by atoms with E-state index in [2.05, 4.69) is 0 Å². The molecule has 0 heterocycles. The van der Waals surface area contributed by atoms with Crippen molar-refractivity contribution < 1.29 is 105 Å². The van der Waals surface area contributed by atoms with Crippen molar-refractivity contribution in [2.45, 2.75) is 61.0 Å². The van der Waals surface area contributed by atoms with Gasteiger partial charge in [-0.2, -0.15) is 105 Å². The van der Waals surface area contributed by atoms with Crippen LogP contribution in [0, 0.1) is 0 Å². The summed E-state index contributed by atoms with van der Waals surface area (Å²) >= 11 is 0. The lowest BCUT2D eigenvalue weighted by Crippen LogP contribution is -2.80. The van der Waals surface area contributed by atoms with Crippen LogP contribution in [0.15, 0.2) is 0 Å². The molecular formula is C10F24N2. The highest BCUT2D eigenvalue weighted by Crippen LogP contribution is 2.61. The quantitative estimate of drug-likeness (QED) is 0.221. The minimum atomic E-state index is -9.41. The number of halogens is 24. The van der Waals surface area contributed by atoms with Crippen LogP contribution in [-0.4, -0.2) is 70.8 Å². The topological polar surface area (TPSA) is 6.48 Å². The summed E-state index contributed by atoms with van der Waals surface area (Å²) in [5.41, 5.74) is 0. The molecule has 2 nitrogen and oxygen atoms in total. The maximum Gasteiger partial charge on any atom is 0.469 e. The van der Waals surface area contributed by atoms with Crippen LogP contribution in [0.5, 0.6) is 0 Å². The predicted molar refractivity (Wildman–Crippen MR) is 57.6 cm³/mol. The molecule has 0 unspecified atom stereocenters. The molecule has 0 aromatic heterocycles. The fourth-order valence-corrected chi connectivity index (χ4v) is 1.83. The van der Waals surface area contributed by atoms with Gasteiger partial charge in [0, 0.05) is 0 Å². The van der Waals surface area contributed by atoms with Crippen molar-refractivity contribution in [3.05, 3.63) is 0 Å². The van der Waals surface area contributed by atoms with Crippen LogP contribution in [0.3, 0.4) is 0 Å². The van der Waals surface area contributed by atoms with Gasteiger partial charge in [-0.05, 0) is 0 Å². The minimum absolute atomic E-state index is 5.49. The first-order valence-corrected chi connectivity index (χ1v) is 7.13. The second-order valence-electron chi connectivity index (χ2n) is 5.91. The predicted octanol–water partition coefficient (Wildman–Crippen LogP) is 7.40. The van der Waals surface area contributed by atoms with E-state index in [0.29, 0.717) is 0 Å². The Hall–Kier alpha value is -1.76. The molecule has 218 valence electrons. The molecule has 0 spiro atoms. The second kappa shape index (κ2) is 8.37. The van der Waals surface area contributed by atoms with Gasteiger partial charge in [0.1, 0.15) is 0 Å². The fraction of sp³-hybridized carbons (Fsp3) is 1.00. The number of hydrogen-bond acceptors (Lipinski definition) is 2. The van der Waals surface area contributed by atoms with Gasteiger partial charge in [0.05, 0.1) is 0 Å². The monoisotopic (exact) mass is 604 g/mol. The van der Waals surface area contributed by atoms with Gasteiger partial charge in [-0.1, -0.05) is 9.80 Å². The smallest absolute Gasteiger partial charge is 0.179 e. The normalized spacial score (nSPS) is 16.8. The highest BCUT2D eigenvalue weighted by Gasteiger charge is 2.90. The molecule has 0 aromatic carbocycles. The van der Waals surface area contributed by atoms with Crippen LogP contribution in [-0.2, 0) is 0 Å². The van der Waals surface area contributed by atoms with E-state index >= 15 is 0 Å². The molecule has 0 aliphatic carbocycles. The first-order valence-electron chi connectivity index (χ1n) is 7.13. The van der Waals surface area contributed by atoms with E-state index < -0.39 is 70.8 Å². The third-order valence-corrected chi connectivity index (χ3v) is 3.41. The van der Waals surface area contributed by atoms with Crippen molar-refractivity contribution in [3.63, 3.8) is 0 Å². The Bertz CT molecular complexity index is 659. The first kappa shape index (κ1) is 34.2. The van der Waals surface area contributed by atoms with Gasteiger partial charge in [0.2, 0.25) is 0 Å². The molecular weight excluding hydrogens is 604 g/mol. The average molecular weight is 604 g/mol. The molecule has 0 N–H and O–H groups in total. The van der Waals surface area contributed by atoms with E-state index in [1.165, 1.54) is 0 Å². The summed E-state index contributed by atoms with van der Waals surface area (Å²) in [6, 6.07) is -54.1. The molecule has 0 bridgehead atoms. The maximum atomic E-state index is 13.8. The van der Waals surface area contributed by atoms with E-state index in [9.17, 15) is 105 Å². The van der Waals surface area contributed by atoms with E-state index in [1.807, 2.05) is 0 Å². The van der Waals surface area contributed by atoms with Gasteiger partial charge in [-0.25, -0.2) is 0 Å². The third kappa shape index (κ3) is 5.01. The van der Waals surface area contributed by atoms with Gasteiger partial charge in [-0.15, -0.1) is 0 Å². The van der Waals surface area contributed by atoms with Gasteiger partial charge in [-0.3, -0.25) is 0 Å². The standard InChI is InChI=1S/C10F24N2/c11-1(12,13)5(23,24)35(6(25,26)2(14,15)16)9(31,32)10(33,34)36(7(27,28)3(17,18)19)8(29,30)4(20,21)22. The van der Waals surface area contributed by atoms with Crippen molar-refractivity contribution in [1.82, 2.24) is 9.80 Å². The summed E-state index contributed by atoms with van der Waals surface area (Å²) in [7, 11) is 0. The molecule has 0 aliphatic heterocycles. The highest BCUT2D eigenvalue weighted by atomic mass is 19.5. The summed E-state index contributed by atoms with van der Waals surface area (Å²) < 4.78 is 307. The summed E-state index contributed by atoms with van der Waals surface area (Å²) in [6.07, 6.45) is -33.4. The van der Waals surface area contributed by atoms with E-state index in [1.54, 1.807) is 0 Å². The van der Waals surface area contributed by atoms with Gasteiger partial charge in [0.25, 0.3) is 0 Å². The molecule has 0 amide bonds. The van der Waals surface area contributed by atoms with Crippen molar-refractivity contribution in [1.29, 1.82) is 0 Å². The largest absolute Gasteiger partial charge is 0.469 e. The summed E-state index contributed by atoms with van der Waals surface area (Å²) in [4.78, 5) is -11.0. The van der Waals surface area contributed by atoms with Gasteiger partial charge >= 0.3 is 61.0 Å². The Kier molecular flexibility index (Phi) is 7.96. The Morgan fingerprint density at radius 3 is 0.389 bits per heavy atom. The maximum absolute atomic E-state index is 13.8. The molecule has 0 saturated carbocycles. The average Bonchev–Trinajstić information content (AvgIpc) is 2.48. The van der Waals surface area contributed by atoms with Gasteiger partial charge in [0.15, 0.2) is 0 Å². The molecule has 0 aliphatic rings. The van der Waals surface area contributed by atoms with E-state index in [-0.39, 0.29) is 0 Å². The van der Waals surface area contributed by atoms with Crippen molar-refractivity contribution >= 4 is 0 Å². The van der Waals surface area contributed by atoms with E-state index in [4.69, 9.17) is 0 Å². The van der Waals surface area contributed by atoms with Crippen LogP contribution >= 0.6 is 0 Å². The summed E-state index contributed by atoms with van der Waals surface area (Å²) in [5.74, 6) is 0. The molecule has 26 heteroatoms. The first-order chi connectivity index (χ1) is 15.0. The summed E-state index contributed by atoms with van der Waals surface area (Å²) in [5, 5.41) is 0. The Balaban J connectivity index is 7.88. The lowest BCUT2D eigenvalue weighted by molar-refractivity contribution is -0.544. The van der Waals surface area contributed by atoms with Crippen LogP contribution in [0.25, 0.3) is 0 Å². The molecule has 0 fully saturated rings. The number of alkyl halides is 24. The van der Waals surface area contributed by atoms with Crippen molar-refractivity contribution in [2.24, 2.45) is 0 Å². The van der Waals surface area contributed by atoms with Crippen molar-refractivity contribution in [2.75, 3.05) is 0 Å². The zero-order valence-corrected chi connectivity index (χ0v) is 15.0. The zero-order valence-electron chi connectivity index (χ0n) is 15.0. The number of nitrogens with zero attached hydrogens (tertiary/aromatic N) is 2. The Morgan fingerprint density at radius 2 is 0.306 bits per heavy atom. The molecule has 0 saturated heterocycles. The number of hydrogen-bond donors (Lipinski definition) is 0. The molecule has 0 aromatic rings. The molecule has 0 atom stereocenters. The lowest BCUT2D eigenvalue weighted by Gasteiger charge is -2.48. The van der Waals surface area contributed by atoms with E-state index in [0.717, 1.165) is 0 Å². The minimum Gasteiger partial charge on any atom is -0.179 e. The molecule has 36 heavy (non-hydrogen) atoms. The Morgan fingerprint density at radius 1 is 0.194 bits per heavy atom. The summed E-state index contributed by atoms with van der Waals surface area (Å²) in [6.45, 7) is 0. The lowest BCUT2D eigenvalue weighted by atomic mass is 10.2. The fourth-order valence-electron chi connectivity index (χ4n) is 1.83. The van der Waals surface area contributed by atoms with Gasteiger partial charge < -0.3 is 0 Å². The number of rotatable bonds is 7. The zero-order chi connectivity index (χ0) is 30.2. The van der Waals surface area contributed by atoms with Crippen LogP contribution in [0.1, 0.15) is 0 Å².